The number of carbonyl (C=O) groups excluding carboxylic acids is 2. The number of hydrogen-bond acceptors (Lipinski definition) is 6. The van der Waals surface area contributed by atoms with Crippen molar-refractivity contribution in [1.29, 1.82) is 0 Å². The number of benzene rings is 1. The first-order chi connectivity index (χ1) is 12.1. The summed E-state index contributed by atoms with van der Waals surface area (Å²) in [5, 5.41) is 9.85. The number of para-hydroxylation sites is 1. The van der Waals surface area contributed by atoms with E-state index in [2.05, 4.69) is 25.7 Å². The fourth-order valence-electron chi connectivity index (χ4n) is 2.17. The van der Waals surface area contributed by atoms with Crippen LogP contribution < -0.4 is 10.6 Å². The van der Waals surface area contributed by atoms with E-state index in [-0.39, 0.29) is 0 Å². The number of aromatic nitrogens is 4. The van der Waals surface area contributed by atoms with Crippen molar-refractivity contribution < 1.29 is 9.59 Å². The molecule has 0 fully saturated rings. The second-order valence-corrected chi connectivity index (χ2v) is 6.47. The van der Waals surface area contributed by atoms with Gasteiger partial charge in [-0.15, -0.1) is 0 Å². The van der Waals surface area contributed by atoms with Crippen LogP contribution in [0.1, 0.15) is 6.92 Å². The third kappa shape index (κ3) is 3.61. The molecule has 1 unspecified atom stereocenters. The van der Waals surface area contributed by atoms with Gasteiger partial charge in [0.15, 0.2) is 5.65 Å². The molecule has 0 aliphatic heterocycles. The van der Waals surface area contributed by atoms with Crippen molar-refractivity contribution in [2.24, 2.45) is 0 Å². The first-order valence-corrected chi connectivity index (χ1v) is 8.41. The molecule has 2 aromatic heterocycles. The van der Waals surface area contributed by atoms with Crippen LogP contribution in [-0.4, -0.2) is 44.0 Å². The molecular formula is C16H16N6O2S. The summed E-state index contributed by atoms with van der Waals surface area (Å²) in [7, 11) is 1.45. The summed E-state index contributed by atoms with van der Waals surface area (Å²) < 4.78 is 1.72. The van der Waals surface area contributed by atoms with Crippen LogP contribution in [0.15, 0.2) is 47.9 Å². The molecule has 2 N–H and O–H groups in total. The minimum atomic E-state index is -0.540. The van der Waals surface area contributed by atoms with Gasteiger partial charge in [-0.1, -0.05) is 30.0 Å². The van der Waals surface area contributed by atoms with Gasteiger partial charge >= 0.3 is 6.03 Å². The van der Waals surface area contributed by atoms with E-state index in [0.717, 1.165) is 11.1 Å². The molecule has 0 bridgehead atoms. The van der Waals surface area contributed by atoms with Crippen molar-refractivity contribution in [1.82, 2.24) is 30.4 Å². The van der Waals surface area contributed by atoms with Crippen LogP contribution in [0.4, 0.5) is 4.79 Å². The highest BCUT2D eigenvalue weighted by atomic mass is 32.2. The van der Waals surface area contributed by atoms with Crippen LogP contribution in [-0.2, 0) is 4.79 Å². The minimum absolute atomic E-state index is 0.397. The number of urea groups is 1. The highest BCUT2D eigenvalue weighted by Gasteiger charge is 2.20. The lowest BCUT2D eigenvalue weighted by Crippen LogP contribution is -2.41. The molecule has 2 heterocycles. The smallest absolute Gasteiger partial charge is 0.321 e. The molecule has 3 aromatic rings. The van der Waals surface area contributed by atoms with Crippen molar-refractivity contribution in [2.75, 3.05) is 7.05 Å². The van der Waals surface area contributed by atoms with Crippen molar-refractivity contribution in [3.63, 3.8) is 0 Å². The Morgan fingerprint density at radius 1 is 1.20 bits per heavy atom. The van der Waals surface area contributed by atoms with Gasteiger partial charge in [0.05, 0.1) is 22.5 Å². The molecular weight excluding hydrogens is 340 g/mol. The van der Waals surface area contributed by atoms with Gasteiger partial charge in [0.2, 0.25) is 5.91 Å². The number of rotatable bonds is 4. The van der Waals surface area contributed by atoms with E-state index in [1.54, 1.807) is 17.8 Å². The lowest BCUT2D eigenvalue weighted by molar-refractivity contribution is -0.119. The Kier molecular flexibility index (Phi) is 4.94. The van der Waals surface area contributed by atoms with Gasteiger partial charge in [0.1, 0.15) is 11.4 Å². The summed E-state index contributed by atoms with van der Waals surface area (Å²) in [5.74, 6) is -0.397. The lowest BCUT2D eigenvalue weighted by Gasteiger charge is -2.10. The van der Waals surface area contributed by atoms with Crippen LogP contribution in [0.5, 0.6) is 0 Å². The number of carbonyl (C=O) groups is 2. The predicted molar refractivity (Wildman–Crippen MR) is 94.6 cm³/mol. The number of hydrogen-bond donors (Lipinski definition) is 2. The van der Waals surface area contributed by atoms with Crippen molar-refractivity contribution >= 4 is 34.7 Å². The molecule has 0 spiro atoms. The number of thioether (sulfide) groups is 1. The Labute approximate surface area is 148 Å². The molecule has 3 rings (SSSR count). The Hall–Kier alpha value is -2.94. The van der Waals surface area contributed by atoms with Crippen molar-refractivity contribution in [3.05, 3.63) is 42.9 Å². The third-order valence-electron chi connectivity index (χ3n) is 3.45. The molecule has 25 heavy (non-hydrogen) atoms. The van der Waals surface area contributed by atoms with Gasteiger partial charge in [0.25, 0.3) is 0 Å². The van der Waals surface area contributed by atoms with Gasteiger partial charge in [-0.2, -0.15) is 5.10 Å². The Morgan fingerprint density at radius 3 is 2.68 bits per heavy atom. The zero-order chi connectivity index (χ0) is 17.8. The third-order valence-corrected chi connectivity index (χ3v) is 4.57. The zero-order valence-corrected chi connectivity index (χ0v) is 14.4. The molecule has 0 saturated carbocycles. The van der Waals surface area contributed by atoms with Crippen molar-refractivity contribution in [2.45, 2.75) is 17.2 Å². The summed E-state index contributed by atoms with van der Waals surface area (Å²) in [6.07, 6.45) is 3.11. The van der Waals surface area contributed by atoms with Crippen molar-refractivity contribution in [3.8, 4) is 5.69 Å². The Balaban J connectivity index is 1.87. The summed E-state index contributed by atoms with van der Waals surface area (Å²) in [5.41, 5.74) is 1.54. The normalized spacial score (nSPS) is 11.9. The zero-order valence-electron chi connectivity index (χ0n) is 13.6. The van der Waals surface area contributed by atoms with Crippen LogP contribution in [0.2, 0.25) is 0 Å². The summed E-state index contributed by atoms with van der Waals surface area (Å²) in [6.45, 7) is 1.71. The monoisotopic (exact) mass is 356 g/mol. The van der Waals surface area contributed by atoms with Crippen LogP contribution in [0, 0.1) is 0 Å². The number of amides is 3. The van der Waals surface area contributed by atoms with Gasteiger partial charge in [-0.05, 0) is 19.1 Å². The van der Waals surface area contributed by atoms with Crippen LogP contribution in [0.3, 0.4) is 0 Å². The number of nitrogens with one attached hydrogen (secondary N) is 2. The molecule has 0 aliphatic rings. The van der Waals surface area contributed by atoms with E-state index in [1.807, 2.05) is 30.3 Å². The molecule has 128 valence electrons. The number of nitrogens with zero attached hydrogens (tertiary/aromatic N) is 4. The van der Waals surface area contributed by atoms with E-state index in [9.17, 15) is 9.59 Å². The molecule has 0 aliphatic carbocycles. The predicted octanol–water partition coefficient (Wildman–Crippen LogP) is 1.75. The van der Waals surface area contributed by atoms with Gasteiger partial charge in [-0.25, -0.2) is 19.4 Å². The molecule has 1 aromatic carbocycles. The molecule has 8 nitrogen and oxygen atoms in total. The average Bonchev–Trinajstić information content (AvgIpc) is 3.07. The SMILES string of the molecule is CNC(=O)NC(=O)C(C)Sc1ncnc2c1cnn2-c1ccccc1. The molecule has 9 heteroatoms. The second kappa shape index (κ2) is 7.31. The maximum Gasteiger partial charge on any atom is 0.321 e. The van der Waals surface area contributed by atoms with E-state index in [0.29, 0.717) is 10.7 Å². The first-order valence-electron chi connectivity index (χ1n) is 7.53. The van der Waals surface area contributed by atoms with Crippen LogP contribution in [0.25, 0.3) is 16.7 Å². The molecule has 1 atom stereocenters. The summed E-state index contributed by atoms with van der Waals surface area (Å²) in [6, 6.07) is 9.09. The average molecular weight is 356 g/mol. The Bertz CT molecular complexity index is 911. The highest BCUT2D eigenvalue weighted by molar-refractivity contribution is 8.00. The standard InChI is InChI=1S/C16H16N6O2S/c1-10(14(23)21-16(24)17-2)25-15-12-8-20-22(13(12)18-9-19-15)11-6-4-3-5-7-11/h3-10H,1-2H3,(H2,17,21,23,24). The molecule has 0 radical (unpaired) electrons. The number of fused-ring (bicyclic) bond motifs is 1. The topological polar surface area (TPSA) is 102 Å². The second-order valence-electron chi connectivity index (χ2n) is 5.14. The quantitative estimate of drug-likeness (QED) is 0.545. The first kappa shape index (κ1) is 16.9. The van der Waals surface area contributed by atoms with Gasteiger partial charge in [0, 0.05) is 7.05 Å². The lowest BCUT2D eigenvalue weighted by atomic mass is 10.3. The largest absolute Gasteiger partial charge is 0.341 e. The Morgan fingerprint density at radius 2 is 1.96 bits per heavy atom. The van der Waals surface area contributed by atoms with Crippen LogP contribution >= 0.6 is 11.8 Å². The number of imide groups is 1. The summed E-state index contributed by atoms with van der Waals surface area (Å²) >= 11 is 1.25. The fourth-order valence-corrected chi connectivity index (χ4v) is 3.05. The molecule has 3 amide bonds. The van der Waals surface area contributed by atoms with E-state index in [4.69, 9.17) is 0 Å². The summed E-state index contributed by atoms with van der Waals surface area (Å²) in [4.78, 5) is 31.8. The van der Waals surface area contributed by atoms with Gasteiger partial charge in [-0.3, -0.25) is 10.1 Å². The van der Waals surface area contributed by atoms with Gasteiger partial charge < -0.3 is 5.32 Å². The maximum absolute atomic E-state index is 12.0. The maximum atomic E-state index is 12.0. The van der Waals surface area contributed by atoms with E-state index < -0.39 is 17.2 Å². The minimum Gasteiger partial charge on any atom is -0.341 e. The molecule has 0 saturated heterocycles. The fraction of sp³-hybridized carbons (Fsp3) is 0.188. The van der Waals surface area contributed by atoms with E-state index >= 15 is 0 Å². The highest BCUT2D eigenvalue weighted by Crippen LogP contribution is 2.28. The van der Waals surface area contributed by atoms with E-state index in [1.165, 1.54) is 25.1 Å².